The maximum Gasteiger partial charge on any atom is 0.462 e. The molecule has 11 nitrogen and oxygen atoms in total. The predicted octanol–water partition coefficient (Wildman–Crippen LogP) is -0.0161. The van der Waals surface area contributed by atoms with Crippen molar-refractivity contribution < 1.29 is 43.2 Å². The fourth-order valence-corrected chi connectivity index (χ4v) is 5.83. The van der Waals surface area contributed by atoms with E-state index in [1.807, 2.05) is 0 Å². The summed E-state index contributed by atoms with van der Waals surface area (Å²) in [5, 5.41) is 30.1. The van der Waals surface area contributed by atoms with Gasteiger partial charge in [0.15, 0.2) is 6.29 Å². The highest BCUT2D eigenvalue weighted by atomic mass is 31.2. The molecule has 2 heterocycles. The third kappa shape index (κ3) is 5.27. The zero-order chi connectivity index (χ0) is 22.6. The van der Waals surface area contributed by atoms with E-state index in [9.17, 15) is 24.7 Å². The van der Waals surface area contributed by atoms with E-state index in [1.165, 1.54) is 4.67 Å². The van der Waals surface area contributed by atoms with Gasteiger partial charge in [0.2, 0.25) is 0 Å². The van der Waals surface area contributed by atoms with E-state index < -0.39 is 57.0 Å². The summed E-state index contributed by atoms with van der Waals surface area (Å²) in [5.41, 5.74) is 5.94. The number of hydrogen-bond donors (Lipinski definition) is 4. The SMILES string of the molecule is CCOC(=O)C1CCCN1P(=O)(Oc1ccccc1)O[C@@H]1[C@@H](N)[C@@H](O)O[C@H](CO)[C@H]1O. The second kappa shape index (κ2) is 10.4. The van der Waals surface area contributed by atoms with E-state index in [1.54, 1.807) is 37.3 Å². The molecule has 12 heteroatoms. The first-order chi connectivity index (χ1) is 14.8. The van der Waals surface area contributed by atoms with E-state index in [0.29, 0.717) is 12.8 Å². The molecular formula is C19H29N2O9P. The number of rotatable bonds is 8. The van der Waals surface area contributed by atoms with Gasteiger partial charge >= 0.3 is 13.7 Å². The maximum absolute atomic E-state index is 14.1. The summed E-state index contributed by atoms with van der Waals surface area (Å²) in [4.78, 5) is 12.5. The lowest BCUT2D eigenvalue weighted by atomic mass is 9.98. The Balaban J connectivity index is 1.94. The number of carbonyl (C=O) groups excluding carboxylic acids is 1. The fourth-order valence-electron chi connectivity index (χ4n) is 3.66. The summed E-state index contributed by atoms with van der Waals surface area (Å²) in [5.74, 6) is -0.347. The molecule has 2 fully saturated rings. The number of carbonyl (C=O) groups is 1. The van der Waals surface area contributed by atoms with Gasteiger partial charge in [-0.1, -0.05) is 18.2 Å². The highest BCUT2D eigenvalue weighted by molar-refractivity contribution is 7.51. The van der Waals surface area contributed by atoms with Crippen LogP contribution in [0.2, 0.25) is 0 Å². The van der Waals surface area contributed by atoms with Crippen LogP contribution < -0.4 is 10.3 Å². The Bertz CT molecular complexity index is 783. The molecule has 2 unspecified atom stereocenters. The van der Waals surface area contributed by atoms with E-state index in [2.05, 4.69) is 0 Å². The average molecular weight is 460 g/mol. The molecule has 1 aromatic carbocycles. The van der Waals surface area contributed by atoms with Crippen LogP contribution >= 0.6 is 7.75 Å². The number of para-hydroxylation sites is 1. The number of aliphatic hydroxyl groups excluding tert-OH is 3. The van der Waals surface area contributed by atoms with Crippen molar-refractivity contribution in [3.63, 3.8) is 0 Å². The summed E-state index contributed by atoms with van der Waals surface area (Å²) in [6.07, 6.45) is -4.76. The van der Waals surface area contributed by atoms with Gasteiger partial charge in [0.05, 0.1) is 19.3 Å². The minimum Gasteiger partial charge on any atom is -0.465 e. The highest BCUT2D eigenvalue weighted by Crippen LogP contribution is 2.57. The molecule has 0 saturated carbocycles. The van der Waals surface area contributed by atoms with Gasteiger partial charge in [0, 0.05) is 6.54 Å². The summed E-state index contributed by atoms with van der Waals surface area (Å²) < 4.78 is 37.1. The topological polar surface area (TPSA) is 161 Å². The lowest BCUT2D eigenvalue weighted by Crippen LogP contribution is -2.62. The number of ether oxygens (including phenoxy) is 2. The third-order valence-corrected chi connectivity index (χ3v) is 7.30. The van der Waals surface area contributed by atoms with Crippen LogP contribution in [-0.4, -0.2) is 82.4 Å². The summed E-state index contributed by atoms with van der Waals surface area (Å²) in [6.45, 7) is 1.42. The van der Waals surface area contributed by atoms with Gasteiger partial charge in [-0.25, -0.2) is 4.57 Å². The number of aliphatic hydroxyl groups is 3. The Morgan fingerprint density at radius 1 is 1.32 bits per heavy atom. The Morgan fingerprint density at radius 2 is 2.03 bits per heavy atom. The Hall–Kier alpha value is -1.56. The lowest BCUT2D eigenvalue weighted by Gasteiger charge is -2.42. The minimum absolute atomic E-state index is 0.155. The van der Waals surface area contributed by atoms with Crippen molar-refractivity contribution >= 4 is 13.7 Å². The third-order valence-electron chi connectivity index (χ3n) is 5.24. The van der Waals surface area contributed by atoms with Crippen LogP contribution in [0.1, 0.15) is 19.8 Å². The Labute approximate surface area is 180 Å². The van der Waals surface area contributed by atoms with Crippen LogP contribution in [0.3, 0.4) is 0 Å². The van der Waals surface area contributed by atoms with Crippen LogP contribution in [0.5, 0.6) is 5.75 Å². The van der Waals surface area contributed by atoms with Crippen LogP contribution in [0, 0.1) is 0 Å². The molecule has 0 bridgehead atoms. The van der Waals surface area contributed by atoms with Crippen molar-refractivity contribution in [2.45, 2.75) is 56.5 Å². The van der Waals surface area contributed by atoms with Gasteiger partial charge < -0.3 is 35.1 Å². The standard InChI is InChI=1S/C19H29N2O9P/c1-2-27-18(24)13-9-6-10-21(13)31(26,29-12-7-4-3-5-8-12)30-17-15(20)19(25)28-14(11-22)16(17)23/h3-5,7-8,13-17,19,22-23,25H,2,6,9-11,20H2,1H3/t13?,14-,15-,16-,17-,19+,31?/m1/s1. The summed E-state index contributed by atoms with van der Waals surface area (Å²) in [6, 6.07) is 6.07. The van der Waals surface area contributed by atoms with E-state index in [0.717, 1.165) is 0 Å². The fraction of sp³-hybridized carbons (Fsp3) is 0.632. The number of benzene rings is 1. The Morgan fingerprint density at radius 3 is 2.68 bits per heavy atom. The predicted molar refractivity (Wildman–Crippen MR) is 108 cm³/mol. The highest BCUT2D eigenvalue weighted by Gasteiger charge is 2.52. The van der Waals surface area contributed by atoms with E-state index >= 15 is 0 Å². The molecular weight excluding hydrogens is 431 g/mol. The molecule has 1 aromatic rings. The van der Waals surface area contributed by atoms with E-state index in [-0.39, 0.29) is 18.9 Å². The van der Waals surface area contributed by atoms with Gasteiger partial charge in [0.25, 0.3) is 0 Å². The number of hydrogen-bond acceptors (Lipinski definition) is 10. The maximum atomic E-state index is 14.1. The van der Waals surface area contributed by atoms with Crippen molar-refractivity contribution in [2.24, 2.45) is 5.73 Å². The van der Waals surface area contributed by atoms with Crippen molar-refractivity contribution in [2.75, 3.05) is 19.8 Å². The lowest BCUT2D eigenvalue weighted by molar-refractivity contribution is -0.245. The van der Waals surface area contributed by atoms with Crippen molar-refractivity contribution in [3.8, 4) is 5.75 Å². The monoisotopic (exact) mass is 460 g/mol. The zero-order valence-electron chi connectivity index (χ0n) is 17.1. The smallest absolute Gasteiger partial charge is 0.462 e. The van der Waals surface area contributed by atoms with Crippen LogP contribution in [-0.2, 0) is 23.4 Å². The molecule has 2 saturated heterocycles. The van der Waals surface area contributed by atoms with Crippen LogP contribution in [0.15, 0.2) is 30.3 Å². The molecule has 2 aliphatic heterocycles. The quantitative estimate of drug-likeness (QED) is 0.305. The summed E-state index contributed by atoms with van der Waals surface area (Å²) >= 11 is 0. The van der Waals surface area contributed by atoms with Gasteiger partial charge in [-0.05, 0) is 31.9 Å². The van der Waals surface area contributed by atoms with Crippen molar-refractivity contribution in [3.05, 3.63) is 30.3 Å². The Kier molecular flexibility index (Phi) is 8.06. The molecule has 7 atom stereocenters. The van der Waals surface area contributed by atoms with Gasteiger partial charge in [-0.2, -0.15) is 4.67 Å². The largest absolute Gasteiger partial charge is 0.465 e. The molecule has 0 aliphatic carbocycles. The minimum atomic E-state index is -4.29. The molecule has 31 heavy (non-hydrogen) atoms. The molecule has 3 rings (SSSR count). The molecule has 0 radical (unpaired) electrons. The molecule has 0 spiro atoms. The second-order valence-corrected chi connectivity index (χ2v) is 9.18. The van der Waals surface area contributed by atoms with Gasteiger partial charge in [-0.15, -0.1) is 0 Å². The molecule has 5 N–H and O–H groups in total. The normalized spacial score (nSPS) is 33.6. The summed E-state index contributed by atoms with van der Waals surface area (Å²) in [7, 11) is -4.29. The number of nitrogens with zero attached hydrogens (tertiary/aromatic N) is 1. The molecule has 0 amide bonds. The van der Waals surface area contributed by atoms with Gasteiger partial charge in [0.1, 0.15) is 30.1 Å². The molecule has 2 aliphatic rings. The van der Waals surface area contributed by atoms with Gasteiger partial charge in [-0.3, -0.25) is 9.32 Å². The number of nitrogens with two attached hydrogens (primary N) is 1. The molecule has 174 valence electrons. The first-order valence-corrected chi connectivity index (χ1v) is 11.6. The first-order valence-electron chi connectivity index (χ1n) is 10.2. The van der Waals surface area contributed by atoms with Crippen LogP contribution in [0.4, 0.5) is 0 Å². The van der Waals surface area contributed by atoms with E-state index in [4.69, 9.17) is 24.3 Å². The van der Waals surface area contributed by atoms with Crippen molar-refractivity contribution in [1.29, 1.82) is 0 Å². The van der Waals surface area contributed by atoms with Crippen LogP contribution in [0.25, 0.3) is 0 Å². The first kappa shape index (κ1) is 24.1. The molecule has 0 aromatic heterocycles. The zero-order valence-corrected chi connectivity index (χ0v) is 18.0. The average Bonchev–Trinajstić information content (AvgIpc) is 3.26. The van der Waals surface area contributed by atoms with Crippen molar-refractivity contribution in [1.82, 2.24) is 4.67 Å². The number of esters is 1. The second-order valence-electron chi connectivity index (χ2n) is 7.33.